The molecular formula is C60H39Br2IN4. The van der Waals surface area contributed by atoms with Gasteiger partial charge in [-0.3, -0.25) is 0 Å². The average molecular weight is 1100 g/mol. The first-order chi connectivity index (χ1) is 32.9. The third-order valence-corrected chi connectivity index (χ3v) is 14.4. The van der Waals surface area contributed by atoms with Crippen LogP contribution in [-0.2, 0) is 0 Å². The van der Waals surface area contributed by atoms with E-state index in [0.717, 1.165) is 8.95 Å². The Kier molecular flexibility index (Phi) is 10.8. The van der Waals surface area contributed by atoms with E-state index in [1.165, 1.54) is 108 Å². The standard InChI is InChI=1S/C30H19BrN2.C20H13BrN2.C10H7I/c31-22-11-14-29-27(19-22)25-13-15-28-26(16-17-32(28)23-8-2-1-3-9-23)30(25)33(29)24-12-10-20-6-4-5-7-21(20)18-24;21-13-6-8-18-17(12-13)15-7-9-19-16(20(15)22-18)10-11-23(19)14-4-2-1-3-5-14;11-10-6-5-8-3-1-2-4-9(8)7-10/h1-19H;1-12,22H;1-7H. The number of hydrogen-bond donors (Lipinski definition) is 1. The molecule has 67 heavy (non-hydrogen) atoms. The van der Waals surface area contributed by atoms with E-state index < -0.39 is 0 Å². The van der Waals surface area contributed by atoms with Crippen LogP contribution in [0.3, 0.4) is 0 Å². The number of rotatable bonds is 3. The molecule has 14 rings (SSSR count). The van der Waals surface area contributed by atoms with Gasteiger partial charge in [0.05, 0.1) is 27.6 Å². The predicted molar refractivity (Wildman–Crippen MR) is 300 cm³/mol. The van der Waals surface area contributed by atoms with Crippen LogP contribution in [0.25, 0.3) is 104 Å². The molecule has 0 atom stereocenters. The van der Waals surface area contributed by atoms with Crippen molar-refractivity contribution in [3.05, 3.63) is 243 Å². The van der Waals surface area contributed by atoms with Crippen LogP contribution in [-0.4, -0.2) is 18.7 Å². The number of benzene rings is 10. The Morgan fingerprint density at radius 3 is 1.58 bits per heavy atom. The van der Waals surface area contributed by atoms with Crippen molar-refractivity contribution in [1.29, 1.82) is 0 Å². The van der Waals surface area contributed by atoms with Gasteiger partial charge >= 0.3 is 0 Å². The van der Waals surface area contributed by atoms with Crippen LogP contribution < -0.4 is 0 Å². The van der Waals surface area contributed by atoms with Crippen molar-refractivity contribution in [3.8, 4) is 17.1 Å². The topological polar surface area (TPSA) is 30.6 Å². The summed E-state index contributed by atoms with van der Waals surface area (Å²) in [6, 6.07) is 77.5. The minimum atomic E-state index is 1.09. The molecule has 10 aromatic carbocycles. The van der Waals surface area contributed by atoms with E-state index in [1.54, 1.807) is 0 Å². The fourth-order valence-electron chi connectivity index (χ4n) is 9.63. The average Bonchev–Trinajstić information content (AvgIpc) is 4.17. The molecule has 0 saturated carbocycles. The number of H-pyrrole nitrogens is 1. The SMILES string of the molecule is Brc1ccc2[nH]c3c(ccc4c3ccn4-c3ccccc3)c2c1.Brc1ccc2c(c1)c1ccc3c(ccn3-c3ccccc3)c1n2-c1ccc2ccccc2c1.Ic1ccc2ccccc2c1. The van der Waals surface area contributed by atoms with Crippen LogP contribution in [0.2, 0.25) is 0 Å². The van der Waals surface area contributed by atoms with E-state index in [0.29, 0.717) is 0 Å². The van der Waals surface area contributed by atoms with Crippen LogP contribution >= 0.6 is 54.5 Å². The Bertz CT molecular complexity index is 4140. The molecular weight excluding hydrogens is 1060 g/mol. The zero-order valence-corrected chi connectivity index (χ0v) is 41.2. The summed E-state index contributed by atoms with van der Waals surface area (Å²) >= 11 is 9.58. The van der Waals surface area contributed by atoms with Crippen molar-refractivity contribution in [2.45, 2.75) is 0 Å². The molecule has 7 heteroatoms. The maximum Gasteiger partial charge on any atom is 0.0635 e. The van der Waals surface area contributed by atoms with Crippen LogP contribution in [0.15, 0.2) is 240 Å². The molecule has 0 aliphatic heterocycles. The first-order valence-electron chi connectivity index (χ1n) is 22.1. The number of aromatic amines is 1. The van der Waals surface area contributed by atoms with E-state index in [9.17, 15) is 0 Å². The van der Waals surface area contributed by atoms with E-state index >= 15 is 0 Å². The minimum absolute atomic E-state index is 1.09. The van der Waals surface area contributed by atoms with E-state index in [4.69, 9.17) is 0 Å². The summed E-state index contributed by atoms with van der Waals surface area (Å²) < 4.78 is 10.4. The highest BCUT2D eigenvalue weighted by Crippen LogP contribution is 2.39. The van der Waals surface area contributed by atoms with Gasteiger partial charge in [0.15, 0.2) is 0 Å². The lowest BCUT2D eigenvalue weighted by molar-refractivity contribution is 1.13. The molecule has 0 fully saturated rings. The van der Waals surface area contributed by atoms with Crippen LogP contribution in [0.5, 0.6) is 0 Å². The Balaban J connectivity index is 0.000000118. The second-order valence-corrected chi connectivity index (χ2v) is 19.8. The number of halogens is 3. The van der Waals surface area contributed by atoms with Gasteiger partial charge in [0.25, 0.3) is 0 Å². The van der Waals surface area contributed by atoms with Crippen molar-refractivity contribution in [2.75, 3.05) is 0 Å². The van der Waals surface area contributed by atoms with Crippen molar-refractivity contribution in [1.82, 2.24) is 18.7 Å². The van der Waals surface area contributed by atoms with Crippen molar-refractivity contribution in [2.24, 2.45) is 0 Å². The molecule has 0 aliphatic rings. The van der Waals surface area contributed by atoms with Gasteiger partial charge in [-0.25, -0.2) is 0 Å². The molecule has 4 aromatic heterocycles. The summed E-state index contributed by atoms with van der Waals surface area (Å²) in [5.41, 5.74) is 10.8. The van der Waals surface area contributed by atoms with Crippen molar-refractivity contribution >= 4 is 141 Å². The molecule has 4 heterocycles. The van der Waals surface area contributed by atoms with Gasteiger partial charge in [0.1, 0.15) is 0 Å². The van der Waals surface area contributed by atoms with Gasteiger partial charge in [-0.05, 0) is 153 Å². The third kappa shape index (κ3) is 7.61. The fourth-order valence-corrected chi connectivity index (χ4v) is 10.9. The lowest BCUT2D eigenvalue weighted by Gasteiger charge is -2.11. The van der Waals surface area contributed by atoms with Gasteiger partial charge in [0.2, 0.25) is 0 Å². The van der Waals surface area contributed by atoms with E-state index in [2.05, 4.69) is 298 Å². The van der Waals surface area contributed by atoms with Crippen LogP contribution in [0.1, 0.15) is 0 Å². The maximum atomic E-state index is 3.69. The number of hydrogen-bond acceptors (Lipinski definition) is 0. The summed E-state index contributed by atoms with van der Waals surface area (Å²) in [6.45, 7) is 0. The van der Waals surface area contributed by atoms with Gasteiger partial charge in [0, 0.05) is 79.8 Å². The highest BCUT2D eigenvalue weighted by Gasteiger charge is 2.18. The molecule has 4 nitrogen and oxygen atoms in total. The second-order valence-electron chi connectivity index (χ2n) is 16.7. The molecule has 0 amide bonds. The molecule has 320 valence electrons. The number of para-hydroxylation sites is 2. The number of fused-ring (bicyclic) bond motifs is 12. The molecule has 0 bridgehead atoms. The molecule has 1 N–H and O–H groups in total. The first-order valence-corrected chi connectivity index (χ1v) is 24.8. The summed E-state index contributed by atoms with van der Waals surface area (Å²) in [5, 5.41) is 12.7. The molecule has 0 unspecified atom stereocenters. The molecule has 0 aliphatic carbocycles. The van der Waals surface area contributed by atoms with E-state index in [-0.39, 0.29) is 0 Å². The Hall–Kier alpha value is -6.91. The Morgan fingerprint density at radius 2 is 0.896 bits per heavy atom. The summed E-state index contributed by atoms with van der Waals surface area (Å²) in [7, 11) is 0. The smallest absolute Gasteiger partial charge is 0.0635 e. The third-order valence-electron chi connectivity index (χ3n) is 12.7. The fraction of sp³-hybridized carbons (Fsp3) is 0. The predicted octanol–water partition coefficient (Wildman–Crippen LogP) is 18.1. The lowest BCUT2D eigenvalue weighted by Crippen LogP contribution is -1.95. The normalized spacial score (nSPS) is 11.5. The highest BCUT2D eigenvalue weighted by atomic mass is 127. The minimum Gasteiger partial charge on any atom is -0.354 e. The molecule has 0 spiro atoms. The Labute approximate surface area is 417 Å². The second kappa shape index (κ2) is 17.4. The van der Waals surface area contributed by atoms with Crippen LogP contribution in [0, 0.1) is 3.57 Å². The number of nitrogens with zero attached hydrogens (tertiary/aromatic N) is 3. The summed E-state index contributed by atoms with van der Waals surface area (Å²) in [4.78, 5) is 3.58. The van der Waals surface area contributed by atoms with Gasteiger partial charge in [-0.1, -0.05) is 141 Å². The summed E-state index contributed by atoms with van der Waals surface area (Å²) in [6.07, 6.45) is 4.32. The number of aromatic nitrogens is 4. The van der Waals surface area contributed by atoms with Gasteiger partial charge < -0.3 is 18.7 Å². The molecule has 0 saturated heterocycles. The Morgan fingerprint density at radius 1 is 0.358 bits per heavy atom. The lowest BCUT2D eigenvalue weighted by atomic mass is 10.1. The van der Waals surface area contributed by atoms with E-state index in [1.807, 2.05) is 6.07 Å². The van der Waals surface area contributed by atoms with Crippen molar-refractivity contribution < 1.29 is 0 Å². The molecule has 14 aromatic rings. The van der Waals surface area contributed by atoms with Crippen LogP contribution in [0.4, 0.5) is 0 Å². The zero-order valence-electron chi connectivity index (χ0n) is 35.9. The summed E-state index contributed by atoms with van der Waals surface area (Å²) in [5.74, 6) is 0. The first kappa shape index (κ1) is 41.5. The quantitative estimate of drug-likeness (QED) is 0.171. The highest BCUT2D eigenvalue weighted by molar-refractivity contribution is 14.1. The van der Waals surface area contributed by atoms with Gasteiger partial charge in [-0.15, -0.1) is 0 Å². The largest absolute Gasteiger partial charge is 0.354 e. The number of nitrogens with one attached hydrogen (secondary N) is 1. The molecule has 0 radical (unpaired) electrons. The monoisotopic (exact) mass is 1100 g/mol. The van der Waals surface area contributed by atoms with Crippen molar-refractivity contribution in [3.63, 3.8) is 0 Å². The maximum absolute atomic E-state index is 3.69. The zero-order chi connectivity index (χ0) is 45.0. The van der Waals surface area contributed by atoms with Gasteiger partial charge in [-0.2, -0.15) is 0 Å².